The summed E-state index contributed by atoms with van der Waals surface area (Å²) in [6.07, 6.45) is 3.76. The maximum atomic E-state index is 13.4. The Morgan fingerprint density at radius 1 is 1.00 bits per heavy atom. The average molecular weight is 585 g/mol. The Morgan fingerprint density at radius 3 is 2.48 bits per heavy atom. The summed E-state index contributed by atoms with van der Waals surface area (Å²) in [7, 11) is 0. The lowest BCUT2D eigenvalue weighted by Gasteiger charge is -2.29. The van der Waals surface area contributed by atoms with Crippen LogP contribution in [0.4, 0.5) is 0 Å². The topological polar surface area (TPSA) is 155 Å². The first-order valence-electron chi connectivity index (χ1n) is 15.2. The van der Waals surface area contributed by atoms with E-state index in [1.54, 1.807) is 27.7 Å². The van der Waals surface area contributed by atoms with Gasteiger partial charge in [0.25, 0.3) is 5.91 Å². The molecule has 4 N–H and O–H groups in total. The third-order valence-corrected chi connectivity index (χ3v) is 8.31. The van der Waals surface area contributed by atoms with Crippen molar-refractivity contribution in [1.82, 2.24) is 30.4 Å². The SMILES string of the molecule is CC[C@H](C)[C@@H]1NC(=O)CCCN(C(=O)C2CCOCC2)CCCNC(=O)c2ccc3[nH]c(=O)n(c3c2)CCCNC1=O. The van der Waals surface area contributed by atoms with Gasteiger partial charge in [0.05, 0.1) is 11.0 Å². The third kappa shape index (κ3) is 7.99. The Hall–Kier alpha value is -3.67. The van der Waals surface area contributed by atoms with Gasteiger partial charge in [0.15, 0.2) is 0 Å². The van der Waals surface area contributed by atoms with E-state index >= 15 is 0 Å². The van der Waals surface area contributed by atoms with Crippen molar-refractivity contribution in [2.75, 3.05) is 39.4 Å². The van der Waals surface area contributed by atoms with Crippen LogP contribution in [0.15, 0.2) is 23.0 Å². The fraction of sp³-hybridized carbons (Fsp3) is 0.633. The molecule has 0 radical (unpaired) electrons. The summed E-state index contributed by atoms with van der Waals surface area (Å²) >= 11 is 0. The minimum absolute atomic E-state index is 0.0520. The van der Waals surface area contributed by atoms with E-state index in [2.05, 4.69) is 20.9 Å². The molecule has 0 unspecified atom stereocenters. The summed E-state index contributed by atoms with van der Waals surface area (Å²) in [5.41, 5.74) is 1.39. The lowest BCUT2D eigenvalue weighted by molar-refractivity contribution is -0.139. The normalized spacial score (nSPS) is 21.7. The summed E-state index contributed by atoms with van der Waals surface area (Å²) in [6.45, 7) is 6.93. The Labute approximate surface area is 245 Å². The molecule has 4 amide bonds. The number of nitrogens with zero attached hydrogens (tertiary/aromatic N) is 2. The summed E-state index contributed by atoms with van der Waals surface area (Å²) in [6, 6.07) is 4.41. The Morgan fingerprint density at radius 2 is 1.71 bits per heavy atom. The smallest absolute Gasteiger partial charge is 0.326 e. The standard InChI is InChI=1S/C30H44N6O6/c1-3-20(2)26-28(39)32-13-6-16-36-24-19-22(8-9-23(24)33-30(36)41)27(38)31-12-5-15-35(14-4-7-25(37)34-26)29(40)21-10-17-42-18-11-21/h8-9,19-21,26H,3-7,10-18H2,1-2H3,(H,31,38)(H,32,39)(H,33,41)(H,34,37)/t20-,26-/m0/s1. The fourth-order valence-electron chi connectivity index (χ4n) is 5.56. The number of aromatic amines is 1. The third-order valence-electron chi connectivity index (χ3n) is 8.31. The molecule has 1 fully saturated rings. The Bertz CT molecular complexity index is 1310. The molecule has 230 valence electrons. The number of aromatic nitrogens is 2. The molecule has 42 heavy (non-hydrogen) atoms. The maximum Gasteiger partial charge on any atom is 0.326 e. The first-order valence-corrected chi connectivity index (χ1v) is 15.2. The number of hydrogen-bond donors (Lipinski definition) is 4. The number of benzene rings is 1. The number of hydrogen-bond acceptors (Lipinski definition) is 6. The van der Waals surface area contributed by atoms with Crippen LogP contribution in [0.25, 0.3) is 11.0 Å². The highest BCUT2D eigenvalue weighted by atomic mass is 16.5. The number of H-pyrrole nitrogens is 1. The van der Waals surface area contributed by atoms with E-state index in [9.17, 15) is 24.0 Å². The molecule has 2 aliphatic rings. The summed E-state index contributed by atoms with van der Waals surface area (Å²) in [5, 5.41) is 8.74. The molecule has 1 aromatic heterocycles. The zero-order valence-corrected chi connectivity index (χ0v) is 24.7. The van der Waals surface area contributed by atoms with Crippen LogP contribution in [-0.4, -0.2) is 83.5 Å². The number of carbonyl (C=O) groups excluding carboxylic acids is 4. The molecule has 1 aromatic carbocycles. The van der Waals surface area contributed by atoms with Crippen LogP contribution in [0.5, 0.6) is 0 Å². The highest BCUT2D eigenvalue weighted by Crippen LogP contribution is 2.19. The van der Waals surface area contributed by atoms with Crippen molar-refractivity contribution in [3.63, 3.8) is 0 Å². The second kappa shape index (κ2) is 15.0. The number of imidazole rings is 1. The Balaban J connectivity index is 1.53. The van der Waals surface area contributed by atoms with Crippen LogP contribution in [0.3, 0.4) is 0 Å². The van der Waals surface area contributed by atoms with Gasteiger partial charge in [-0.3, -0.25) is 23.7 Å². The molecular weight excluding hydrogens is 540 g/mol. The predicted octanol–water partition coefficient (Wildman–Crippen LogP) is 1.54. The number of fused-ring (bicyclic) bond motifs is 1. The molecular formula is C30H44N6O6. The monoisotopic (exact) mass is 584 g/mol. The van der Waals surface area contributed by atoms with Crippen LogP contribution >= 0.6 is 0 Å². The number of ether oxygens (including phenoxy) is 1. The van der Waals surface area contributed by atoms with Crippen LogP contribution in [0, 0.1) is 11.8 Å². The van der Waals surface area contributed by atoms with E-state index in [0.29, 0.717) is 101 Å². The summed E-state index contributed by atoms with van der Waals surface area (Å²) in [5.74, 6) is -0.873. The van der Waals surface area contributed by atoms with Gasteiger partial charge in [-0.2, -0.15) is 0 Å². The summed E-state index contributed by atoms with van der Waals surface area (Å²) < 4.78 is 6.99. The van der Waals surface area contributed by atoms with Crippen molar-refractivity contribution in [3.8, 4) is 0 Å². The largest absolute Gasteiger partial charge is 0.381 e. The van der Waals surface area contributed by atoms with Gasteiger partial charge in [0, 0.05) is 63.8 Å². The fourth-order valence-corrected chi connectivity index (χ4v) is 5.56. The second-order valence-electron chi connectivity index (χ2n) is 11.3. The zero-order valence-electron chi connectivity index (χ0n) is 24.7. The zero-order chi connectivity index (χ0) is 30.1. The first-order chi connectivity index (χ1) is 20.3. The lowest BCUT2D eigenvalue weighted by atomic mass is 9.97. The van der Waals surface area contributed by atoms with Crippen molar-refractivity contribution >= 4 is 34.7 Å². The van der Waals surface area contributed by atoms with Crippen molar-refractivity contribution in [3.05, 3.63) is 34.2 Å². The molecule has 12 heteroatoms. The maximum absolute atomic E-state index is 13.4. The number of amides is 4. The predicted molar refractivity (Wildman–Crippen MR) is 158 cm³/mol. The van der Waals surface area contributed by atoms with Crippen molar-refractivity contribution in [1.29, 1.82) is 0 Å². The molecule has 0 spiro atoms. The van der Waals surface area contributed by atoms with E-state index in [1.165, 1.54) is 0 Å². The van der Waals surface area contributed by atoms with E-state index in [0.717, 1.165) is 0 Å². The quantitative estimate of drug-likeness (QED) is 0.429. The minimum atomic E-state index is -0.674. The van der Waals surface area contributed by atoms with Gasteiger partial charge in [0.1, 0.15) is 6.04 Å². The minimum Gasteiger partial charge on any atom is -0.381 e. The van der Waals surface area contributed by atoms with E-state index in [-0.39, 0.29) is 47.6 Å². The van der Waals surface area contributed by atoms with Gasteiger partial charge in [-0.25, -0.2) is 4.79 Å². The molecule has 12 nitrogen and oxygen atoms in total. The van der Waals surface area contributed by atoms with Crippen molar-refractivity contribution < 1.29 is 23.9 Å². The molecule has 2 atom stereocenters. The highest BCUT2D eigenvalue weighted by molar-refractivity contribution is 5.97. The average Bonchev–Trinajstić information content (AvgIpc) is 3.32. The van der Waals surface area contributed by atoms with E-state index in [1.807, 2.05) is 13.8 Å². The van der Waals surface area contributed by atoms with Crippen LogP contribution < -0.4 is 21.6 Å². The molecule has 2 aliphatic heterocycles. The van der Waals surface area contributed by atoms with Crippen LogP contribution in [-0.2, 0) is 25.7 Å². The molecule has 2 aromatic rings. The van der Waals surface area contributed by atoms with Gasteiger partial charge in [0.2, 0.25) is 17.7 Å². The molecule has 2 bridgehead atoms. The molecule has 4 rings (SSSR count). The second-order valence-corrected chi connectivity index (χ2v) is 11.3. The van der Waals surface area contributed by atoms with Crippen molar-refractivity contribution in [2.45, 2.75) is 71.4 Å². The van der Waals surface area contributed by atoms with Gasteiger partial charge >= 0.3 is 5.69 Å². The van der Waals surface area contributed by atoms with Gasteiger partial charge in [-0.15, -0.1) is 0 Å². The number of nitrogens with one attached hydrogen (secondary N) is 4. The summed E-state index contributed by atoms with van der Waals surface area (Å²) in [4.78, 5) is 69.5. The Kier molecular flexibility index (Phi) is 11.2. The van der Waals surface area contributed by atoms with Crippen LogP contribution in [0.1, 0.15) is 69.2 Å². The molecule has 0 saturated carbocycles. The molecule has 0 aliphatic carbocycles. The van der Waals surface area contributed by atoms with Gasteiger partial charge < -0.3 is 30.6 Å². The van der Waals surface area contributed by atoms with E-state index < -0.39 is 6.04 Å². The number of carbonyl (C=O) groups is 4. The molecule has 1 saturated heterocycles. The van der Waals surface area contributed by atoms with Gasteiger partial charge in [-0.1, -0.05) is 20.3 Å². The van der Waals surface area contributed by atoms with Crippen molar-refractivity contribution in [2.24, 2.45) is 11.8 Å². The van der Waals surface area contributed by atoms with Crippen LogP contribution in [0.2, 0.25) is 0 Å². The van der Waals surface area contributed by atoms with Gasteiger partial charge in [-0.05, 0) is 56.2 Å². The number of aryl methyl sites for hydroxylation is 1. The lowest BCUT2D eigenvalue weighted by Crippen LogP contribution is -2.50. The molecule has 3 heterocycles. The highest BCUT2D eigenvalue weighted by Gasteiger charge is 2.28. The number of rotatable bonds is 3. The van der Waals surface area contributed by atoms with E-state index in [4.69, 9.17) is 4.74 Å². The first kappa shape index (κ1) is 31.3.